The van der Waals surface area contributed by atoms with Crippen LogP contribution in [-0.4, -0.2) is 53.8 Å². The number of carbonyl (C=O) groups is 2. The third kappa shape index (κ3) is 4.85. The smallest absolute Gasteiger partial charge is 0.317 e. The van der Waals surface area contributed by atoms with Crippen molar-refractivity contribution in [1.29, 1.82) is 0 Å². The van der Waals surface area contributed by atoms with Gasteiger partial charge in [0.1, 0.15) is 0 Å². The van der Waals surface area contributed by atoms with Crippen LogP contribution in [0, 0.1) is 17.8 Å². The minimum atomic E-state index is -0.806. The number of piperidine rings is 1. The Morgan fingerprint density at radius 2 is 1.96 bits per heavy atom. The Bertz CT molecular complexity index is 439. The monoisotopic (exact) mass is 340 g/mol. The van der Waals surface area contributed by atoms with Gasteiger partial charge in [-0.25, -0.2) is 4.79 Å². The molecule has 0 aromatic rings. The molecule has 24 heavy (non-hydrogen) atoms. The fourth-order valence-corrected chi connectivity index (χ4v) is 4.06. The van der Waals surface area contributed by atoms with Gasteiger partial charge in [-0.2, -0.15) is 0 Å². The Kier molecular flexibility index (Phi) is 6.90. The zero-order chi connectivity index (χ0) is 17.7. The number of hydrogen-bond acceptors (Lipinski definition) is 3. The van der Waals surface area contributed by atoms with Crippen molar-refractivity contribution in [1.82, 2.24) is 10.2 Å². The molecule has 2 fully saturated rings. The van der Waals surface area contributed by atoms with Crippen LogP contribution in [0.25, 0.3) is 0 Å². The third-order valence-corrected chi connectivity index (χ3v) is 5.51. The highest BCUT2D eigenvalue weighted by Gasteiger charge is 2.34. The molecule has 2 rings (SSSR count). The van der Waals surface area contributed by atoms with Crippen molar-refractivity contribution in [2.75, 3.05) is 19.7 Å². The van der Waals surface area contributed by atoms with Crippen molar-refractivity contribution >= 4 is 12.0 Å². The second-order valence-corrected chi connectivity index (χ2v) is 7.44. The molecule has 6 heteroatoms. The fourth-order valence-electron chi connectivity index (χ4n) is 4.06. The van der Waals surface area contributed by atoms with Crippen molar-refractivity contribution in [2.24, 2.45) is 17.8 Å². The van der Waals surface area contributed by atoms with Crippen molar-refractivity contribution < 1.29 is 19.4 Å². The van der Waals surface area contributed by atoms with Crippen LogP contribution in [0.4, 0.5) is 4.79 Å². The maximum absolute atomic E-state index is 12.6. The maximum atomic E-state index is 12.6. The lowest BCUT2D eigenvalue weighted by Gasteiger charge is -2.38. The van der Waals surface area contributed by atoms with Gasteiger partial charge in [-0.1, -0.05) is 33.6 Å². The summed E-state index contributed by atoms with van der Waals surface area (Å²) in [6, 6.07) is 0.000331. The molecule has 4 unspecified atom stereocenters. The number of likely N-dealkylation sites (tertiary alicyclic amines) is 1. The number of carbonyl (C=O) groups excluding carboxylic acids is 1. The number of nitrogens with one attached hydrogen (secondary N) is 1. The summed E-state index contributed by atoms with van der Waals surface area (Å²) in [6.45, 7) is 7.99. The van der Waals surface area contributed by atoms with Crippen molar-refractivity contribution in [2.45, 2.75) is 65.0 Å². The standard InChI is InChI=1S/C18H32N2O4/c1-4-13(5-2)16-9-15(6-7-24-16)19-18(23)20-10-12(3)8-14(11-20)17(21)22/h12-16H,4-11H2,1-3H3,(H,19,23)(H,21,22). The van der Waals surface area contributed by atoms with E-state index in [0.717, 1.165) is 25.7 Å². The lowest BCUT2D eigenvalue weighted by molar-refractivity contribution is -0.143. The van der Waals surface area contributed by atoms with E-state index in [-0.39, 0.29) is 24.1 Å². The van der Waals surface area contributed by atoms with Crippen LogP contribution in [0.3, 0.4) is 0 Å². The van der Waals surface area contributed by atoms with Gasteiger partial charge in [0.05, 0.1) is 12.0 Å². The molecule has 138 valence electrons. The molecular weight excluding hydrogens is 308 g/mol. The highest BCUT2D eigenvalue weighted by Crippen LogP contribution is 2.26. The highest BCUT2D eigenvalue weighted by atomic mass is 16.5. The quantitative estimate of drug-likeness (QED) is 0.806. The molecule has 2 aliphatic heterocycles. The van der Waals surface area contributed by atoms with Crippen LogP contribution in [0.15, 0.2) is 0 Å². The van der Waals surface area contributed by atoms with Gasteiger partial charge in [0, 0.05) is 25.7 Å². The normalized spacial score (nSPS) is 31.1. The van der Waals surface area contributed by atoms with E-state index in [1.54, 1.807) is 4.90 Å². The predicted molar refractivity (Wildman–Crippen MR) is 91.8 cm³/mol. The SMILES string of the molecule is CCC(CC)C1CC(NC(=O)N2CC(C)CC(C(=O)O)C2)CCO1. The molecule has 0 spiro atoms. The van der Waals surface area contributed by atoms with Gasteiger partial charge in [0.15, 0.2) is 0 Å². The minimum absolute atomic E-state index is 0.122. The highest BCUT2D eigenvalue weighted by molar-refractivity contribution is 5.76. The molecule has 4 atom stereocenters. The third-order valence-electron chi connectivity index (χ3n) is 5.51. The number of aliphatic carboxylic acids is 1. The Morgan fingerprint density at radius 1 is 1.25 bits per heavy atom. The van der Waals surface area contributed by atoms with Gasteiger partial charge < -0.3 is 20.1 Å². The van der Waals surface area contributed by atoms with Crippen LogP contribution >= 0.6 is 0 Å². The van der Waals surface area contributed by atoms with Gasteiger partial charge in [-0.15, -0.1) is 0 Å². The molecule has 2 N–H and O–H groups in total. The molecule has 0 aliphatic carbocycles. The molecule has 0 bridgehead atoms. The van der Waals surface area contributed by atoms with E-state index < -0.39 is 11.9 Å². The number of urea groups is 1. The second-order valence-electron chi connectivity index (χ2n) is 7.44. The summed E-state index contributed by atoms with van der Waals surface area (Å²) < 4.78 is 5.90. The van der Waals surface area contributed by atoms with Crippen LogP contribution in [0.2, 0.25) is 0 Å². The first-order valence-corrected chi connectivity index (χ1v) is 9.34. The van der Waals surface area contributed by atoms with E-state index in [9.17, 15) is 14.7 Å². The molecule has 0 aromatic carbocycles. The summed E-state index contributed by atoms with van der Waals surface area (Å²) in [5.74, 6) is -0.501. The first-order valence-electron chi connectivity index (χ1n) is 9.34. The zero-order valence-corrected chi connectivity index (χ0v) is 15.2. The van der Waals surface area contributed by atoms with E-state index >= 15 is 0 Å². The number of nitrogens with zero attached hydrogens (tertiary/aromatic N) is 1. The van der Waals surface area contributed by atoms with Gasteiger partial charge in [-0.3, -0.25) is 4.79 Å². The average Bonchev–Trinajstić information content (AvgIpc) is 2.55. The van der Waals surface area contributed by atoms with Crippen LogP contribution in [0.1, 0.15) is 52.9 Å². The van der Waals surface area contributed by atoms with E-state index in [4.69, 9.17) is 4.74 Å². The molecule has 2 amide bonds. The van der Waals surface area contributed by atoms with Crippen LogP contribution < -0.4 is 5.32 Å². The summed E-state index contributed by atoms with van der Waals surface area (Å²) in [5.41, 5.74) is 0. The first-order chi connectivity index (χ1) is 11.4. The van der Waals surface area contributed by atoms with Crippen LogP contribution in [-0.2, 0) is 9.53 Å². The number of hydrogen-bond donors (Lipinski definition) is 2. The second kappa shape index (κ2) is 8.70. The van der Waals surface area contributed by atoms with E-state index in [1.807, 2.05) is 6.92 Å². The summed E-state index contributed by atoms with van der Waals surface area (Å²) in [7, 11) is 0. The van der Waals surface area contributed by atoms with Gasteiger partial charge >= 0.3 is 12.0 Å². The van der Waals surface area contributed by atoms with Gasteiger partial charge in [0.25, 0.3) is 0 Å². The lowest BCUT2D eigenvalue weighted by atomic mass is 9.89. The summed E-state index contributed by atoms with van der Waals surface area (Å²) in [6.07, 6.45) is 4.72. The lowest BCUT2D eigenvalue weighted by Crippen LogP contribution is -2.53. The summed E-state index contributed by atoms with van der Waals surface area (Å²) >= 11 is 0. The number of amides is 2. The Balaban J connectivity index is 1.90. The molecule has 2 heterocycles. The molecule has 0 saturated carbocycles. The van der Waals surface area contributed by atoms with E-state index in [1.165, 1.54) is 0 Å². The number of carboxylic acids is 1. The largest absolute Gasteiger partial charge is 0.481 e. The van der Waals surface area contributed by atoms with Crippen LogP contribution in [0.5, 0.6) is 0 Å². The number of rotatable bonds is 5. The van der Waals surface area contributed by atoms with Crippen molar-refractivity contribution in [3.05, 3.63) is 0 Å². The Morgan fingerprint density at radius 3 is 2.58 bits per heavy atom. The first kappa shape index (κ1) is 19.0. The molecule has 2 saturated heterocycles. The van der Waals surface area contributed by atoms with Gasteiger partial charge in [0.2, 0.25) is 0 Å². The van der Waals surface area contributed by atoms with Gasteiger partial charge in [-0.05, 0) is 31.1 Å². The topological polar surface area (TPSA) is 78.9 Å². The van der Waals surface area contributed by atoms with Crippen molar-refractivity contribution in [3.8, 4) is 0 Å². The Labute approximate surface area is 144 Å². The van der Waals surface area contributed by atoms with E-state index in [0.29, 0.717) is 32.0 Å². The predicted octanol–water partition coefficient (Wildman–Crippen LogP) is 2.72. The average molecular weight is 340 g/mol. The molecule has 6 nitrogen and oxygen atoms in total. The Hall–Kier alpha value is -1.30. The number of ether oxygens (including phenoxy) is 1. The zero-order valence-electron chi connectivity index (χ0n) is 15.2. The summed E-state index contributed by atoms with van der Waals surface area (Å²) in [4.78, 5) is 25.5. The molecule has 0 radical (unpaired) electrons. The fraction of sp³-hybridized carbons (Fsp3) is 0.889. The maximum Gasteiger partial charge on any atom is 0.317 e. The van der Waals surface area contributed by atoms with E-state index in [2.05, 4.69) is 19.2 Å². The van der Waals surface area contributed by atoms with Crippen molar-refractivity contribution in [3.63, 3.8) is 0 Å². The molecule has 2 aliphatic rings. The molecular formula is C18H32N2O4. The number of carboxylic acid groups (broad SMARTS) is 1. The summed E-state index contributed by atoms with van der Waals surface area (Å²) in [5, 5.41) is 12.4. The minimum Gasteiger partial charge on any atom is -0.481 e. The molecule has 0 aromatic heterocycles.